The van der Waals surface area contributed by atoms with Gasteiger partial charge in [-0.15, -0.1) is 0 Å². The Bertz CT molecular complexity index is 260. The van der Waals surface area contributed by atoms with Crippen molar-refractivity contribution in [1.29, 1.82) is 0 Å². The second-order valence-corrected chi connectivity index (χ2v) is 3.07. The molecule has 11 heavy (non-hydrogen) atoms. The molecule has 0 aromatic carbocycles. The number of anilines is 1. The minimum absolute atomic E-state index is 0.655. The van der Waals surface area contributed by atoms with Gasteiger partial charge in [-0.25, -0.2) is 4.98 Å². The Labute approximate surface area is 66.2 Å². The summed E-state index contributed by atoms with van der Waals surface area (Å²) in [5.41, 5.74) is 6.89. The summed E-state index contributed by atoms with van der Waals surface area (Å²) in [5.74, 6) is 0.870. The molecule has 1 saturated carbocycles. The molecule has 3 nitrogen and oxygen atoms in total. The zero-order chi connectivity index (χ0) is 7.84. The third-order valence-corrected chi connectivity index (χ3v) is 2.19. The standard InChI is InChI=1S/C8H13N3/c1-2-7-8(9)11(5-10-7)6-3-4-6/h5-6H,2-4,9H2,1H3. The van der Waals surface area contributed by atoms with Crippen LogP contribution in [-0.2, 0) is 6.42 Å². The molecule has 0 spiro atoms. The summed E-state index contributed by atoms with van der Waals surface area (Å²) in [6.45, 7) is 2.08. The minimum Gasteiger partial charge on any atom is -0.384 e. The molecule has 0 bridgehead atoms. The van der Waals surface area contributed by atoms with Gasteiger partial charge in [0.1, 0.15) is 5.82 Å². The predicted molar refractivity (Wildman–Crippen MR) is 44.3 cm³/mol. The number of aryl methyl sites for hydroxylation is 1. The van der Waals surface area contributed by atoms with E-state index in [1.165, 1.54) is 12.8 Å². The molecule has 2 N–H and O–H groups in total. The minimum atomic E-state index is 0.655. The van der Waals surface area contributed by atoms with Crippen molar-refractivity contribution >= 4 is 5.82 Å². The summed E-state index contributed by atoms with van der Waals surface area (Å²) in [5, 5.41) is 0. The summed E-state index contributed by atoms with van der Waals surface area (Å²) in [6, 6.07) is 0.655. The van der Waals surface area contributed by atoms with E-state index in [-0.39, 0.29) is 0 Å². The molecule has 0 atom stereocenters. The van der Waals surface area contributed by atoms with Crippen LogP contribution in [0.25, 0.3) is 0 Å². The van der Waals surface area contributed by atoms with Crippen LogP contribution in [0.5, 0.6) is 0 Å². The van der Waals surface area contributed by atoms with Gasteiger partial charge in [-0.05, 0) is 19.3 Å². The maximum absolute atomic E-state index is 5.86. The van der Waals surface area contributed by atoms with Gasteiger partial charge in [0, 0.05) is 6.04 Å². The molecule has 2 rings (SSSR count). The van der Waals surface area contributed by atoms with Gasteiger partial charge in [0.25, 0.3) is 0 Å². The first-order chi connectivity index (χ1) is 5.33. The molecule has 1 aromatic rings. The van der Waals surface area contributed by atoms with Crippen molar-refractivity contribution in [3.8, 4) is 0 Å². The molecule has 0 saturated heterocycles. The van der Waals surface area contributed by atoms with Crippen molar-refractivity contribution < 1.29 is 0 Å². The fraction of sp³-hybridized carbons (Fsp3) is 0.625. The van der Waals surface area contributed by atoms with Gasteiger partial charge in [0.15, 0.2) is 0 Å². The topological polar surface area (TPSA) is 43.8 Å². The van der Waals surface area contributed by atoms with Gasteiger partial charge in [-0.1, -0.05) is 6.92 Å². The van der Waals surface area contributed by atoms with E-state index in [0.29, 0.717) is 6.04 Å². The number of imidazole rings is 1. The van der Waals surface area contributed by atoms with Gasteiger partial charge < -0.3 is 10.3 Å². The second kappa shape index (κ2) is 2.26. The molecule has 1 aliphatic carbocycles. The molecular weight excluding hydrogens is 138 g/mol. The highest BCUT2D eigenvalue weighted by molar-refractivity contribution is 5.37. The molecule has 0 aliphatic heterocycles. The zero-order valence-corrected chi connectivity index (χ0v) is 6.75. The number of nitrogens with zero attached hydrogens (tertiary/aromatic N) is 2. The van der Waals surface area contributed by atoms with Crippen LogP contribution in [0.2, 0.25) is 0 Å². The van der Waals surface area contributed by atoms with E-state index in [2.05, 4.69) is 16.5 Å². The Morgan fingerprint density at radius 1 is 1.73 bits per heavy atom. The molecule has 1 heterocycles. The van der Waals surface area contributed by atoms with E-state index in [9.17, 15) is 0 Å². The fourth-order valence-corrected chi connectivity index (χ4v) is 1.33. The second-order valence-electron chi connectivity index (χ2n) is 3.07. The lowest BCUT2D eigenvalue weighted by molar-refractivity contribution is 0.750. The van der Waals surface area contributed by atoms with Gasteiger partial charge in [0.2, 0.25) is 0 Å². The van der Waals surface area contributed by atoms with Crippen molar-refractivity contribution in [2.45, 2.75) is 32.2 Å². The summed E-state index contributed by atoms with van der Waals surface area (Å²) >= 11 is 0. The fourth-order valence-electron chi connectivity index (χ4n) is 1.33. The Morgan fingerprint density at radius 2 is 2.45 bits per heavy atom. The zero-order valence-electron chi connectivity index (χ0n) is 6.75. The van der Waals surface area contributed by atoms with Crippen LogP contribution in [-0.4, -0.2) is 9.55 Å². The van der Waals surface area contributed by atoms with Crippen molar-refractivity contribution in [3.63, 3.8) is 0 Å². The Morgan fingerprint density at radius 3 is 2.91 bits per heavy atom. The van der Waals surface area contributed by atoms with E-state index in [4.69, 9.17) is 5.73 Å². The van der Waals surface area contributed by atoms with Crippen molar-refractivity contribution in [2.24, 2.45) is 0 Å². The lowest BCUT2D eigenvalue weighted by Gasteiger charge is -2.00. The lowest BCUT2D eigenvalue weighted by atomic mass is 10.3. The summed E-state index contributed by atoms with van der Waals surface area (Å²) in [4.78, 5) is 4.23. The van der Waals surface area contributed by atoms with Crippen LogP contribution in [0.1, 0.15) is 31.5 Å². The molecular formula is C8H13N3. The Hall–Kier alpha value is -0.990. The van der Waals surface area contributed by atoms with Gasteiger partial charge in [-0.3, -0.25) is 0 Å². The maximum Gasteiger partial charge on any atom is 0.126 e. The van der Waals surface area contributed by atoms with Crippen molar-refractivity contribution in [2.75, 3.05) is 5.73 Å². The molecule has 0 unspecified atom stereocenters. The molecule has 1 aliphatic rings. The molecule has 1 aromatic heterocycles. The highest BCUT2D eigenvalue weighted by Crippen LogP contribution is 2.37. The van der Waals surface area contributed by atoms with Gasteiger partial charge in [0.05, 0.1) is 12.0 Å². The van der Waals surface area contributed by atoms with Crippen LogP contribution in [0.15, 0.2) is 6.33 Å². The van der Waals surface area contributed by atoms with Crippen LogP contribution in [0.4, 0.5) is 5.82 Å². The number of hydrogen-bond acceptors (Lipinski definition) is 2. The van der Waals surface area contributed by atoms with Crippen LogP contribution >= 0.6 is 0 Å². The lowest BCUT2D eigenvalue weighted by Crippen LogP contribution is -2.00. The SMILES string of the molecule is CCc1ncn(C2CC2)c1N. The first kappa shape index (κ1) is 6.70. The number of hydrogen-bond donors (Lipinski definition) is 1. The van der Waals surface area contributed by atoms with E-state index in [1.807, 2.05) is 6.33 Å². The van der Waals surface area contributed by atoms with Crippen LogP contribution in [0, 0.1) is 0 Å². The number of nitrogens with two attached hydrogens (primary N) is 1. The van der Waals surface area contributed by atoms with E-state index in [1.54, 1.807) is 0 Å². The van der Waals surface area contributed by atoms with Gasteiger partial charge >= 0.3 is 0 Å². The van der Waals surface area contributed by atoms with Gasteiger partial charge in [-0.2, -0.15) is 0 Å². The Balaban J connectivity index is 2.33. The normalized spacial score (nSPS) is 17.2. The van der Waals surface area contributed by atoms with E-state index >= 15 is 0 Å². The molecule has 60 valence electrons. The molecule has 3 heteroatoms. The van der Waals surface area contributed by atoms with Crippen LogP contribution < -0.4 is 5.73 Å². The quantitative estimate of drug-likeness (QED) is 0.693. The van der Waals surface area contributed by atoms with Crippen LogP contribution in [0.3, 0.4) is 0 Å². The average molecular weight is 151 g/mol. The highest BCUT2D eigenvalue weighted by Gasteiger charge is 2.25. The van der Waals surface area contributed by atoms with E-state index in [0.717, 1.165) is 17.9 Å². The number of aromatic nitrogens is 2. The summed E-state index contributed by atoms with van der Waals surface area (Å²) in [6.07, 6.45) is 5.34. The largest absolute Gasteiger partial charge is 0.384 e. The van der Waals surface area contributed by atoms with Crippen molar-refractivity contribution in [3.05, 3.63) is 12.0 Å². The third-order valence-electron chi connectivity index (χ3n) is 2.19. The Kier molecular flexibility index (Phi) is 1.37. The summed E-state index contributed by atoms with van der Waals surface area (Å²) in [7, 11) is 0. The molecule has 0 amide bonds. The highest BCUT2D eigenvalue weighted by atomic mass is 15.2. The molecule has 0 radical (unpaired) electrons. The first-order valence-corrected chi connectivity index (χ1v) is 4.14. The number of nitrogen functional groups attached to an aromatic ring is 1. The smallest absolute Gasteiger partial charge is 0.126 e. The average Bonchev–Trinajstić information content (AvgIpc) is 2.77. The maximum atomic E-state index is 5.86. The van der Waals surface area contributed by atoms with Crippen molar-refractivity contribution in [1.82, 2.24) is 9.55 Å². The molecule has 1 fully saturated rings. The monoisotopic (exact) mass is 151 g/mol. The predicted octanol–water partition coefficient (Wildman–Crippen LogP) is 1.36. The van der Waals surface area contributed by atoms with E-state index < -0.39 is 0 Å². The number of rotatable bonds is 2. The summed E-state index contributed by atoms with van der Waals surface area (Å²) < 4.78 is 2.10. The first-order valence-electron chi connectivity index (χ1n) is 4.14. The third kappa shape index (κ3) is 1.00.